The number of nitrogens with one attached hydrogen (secondary N) is 1. The zero-order valence-electron chi connectivity index (χ0n) is 16.7. The summed E-state index contributed by atoms with van der Waals surface area (Å²) in [5.74, 6) is -0.306. The lowest BCUT2D eigenvalue weighted by molar-refractivity contribution is -0.133. The van der Waals surface area contributed by atoms with Gasteiger partial charge in [-0.05, 0) is 55.2 Å². The van der Waals surface area contributed by atoms with Gasteiger partial charge in [-0.25, -0.2) is 18.2 Å². The number of rotatable bonds is 5. The summed E-state index contributed by atoms with van der Waals surface area (Å²) in [7, 11) is 0. The fourth-order valence-corrected chi connectivity index (χ4v) is 3.89. The predicted molar refractivity (Wildman–Crippen MR) is 110 cm³/mol. The molecule has 2 aromatic carbocycles. The highest BCUT2D eigenvalue weighted by Crippen LogP contribution is 2.35. The number of nitrogens with zero attached hydrogens (tertiary/aromatic N) is 3. The second kappa shape index (κ2) is 7.76. The molecule has 0 unspecified atom stereocenters. The van der Waals surface area contributed by atoms with Crippen LogP contribution in [0.4, 0.5) is 24.7 Å². The van der Waals surface area contributed by atoms with E-state index in [1.54, 1.807) is 12.1 Å². The summed E-state index contributed by atoms with van der Waals surface area (Å²) >= 11 is 0. The fraction of sp³-hybridized carbons (Fsp3) is 0.304. The third-order valence-electron chi connectivity index (χ3n) is 5.79. The molecule has 2 heterocycles. The summed E-state index contributed by atoms with van der Waals surface area (Å²) < 4.78 is 42.5. The van der Waals surface area contributed by atoms with Crippen molar-refractivity contribution in [3.05, 3.63) is 65.7 Å². The quantitative estimate of drug-likeness (QED) is 0.634. The Balaban J connectivity index is 1.50. The van der Waals surface area contributed by atoms with Gasteiger partial charge in [0.15, 0.2) is 11.6 Å². The van der Waals surface area contributed by atoms with Crippen molar-refractivity contribution in [2.24, 2.45) is 5.92 Å². The molecule has 5 rings (SSSR count). The molecule has 5 nitrogen and oxygen atoms in total. The highest BCUT2D eigenvalue weighted by molar-refractivity contribution is 5.78. The second-order valence-electron chi connectivity index (χ2n) is 8.10. The molecule has 1 N–H and O–H groups in total. The van der Waals surface area contributed by atoms with E-state index >= 15 is 0 Å². The number of anilines is 2. The molecule has 0 spiro atoms. The van der Waals surface area contributed by atoms with Gasteiger partial charge in [-0.15, -0.1) is 0 Å². The minimum Gasteiger partial charge on any atom is -0.340 e. The van der Waals surface area contributed by atoms with Crippen LogP contribution in [-0.4, -0.2) is 26.9 Å². The monoisotopic (exact) mass is 426 g/mol. The number of imidazole rings is 1. The molecule has 31 heavy (non-hydrogen) atoms. The zero-order chi connectivity index (χ0) is 21.5. The van der Waals surface area contributed by atoms with E-state index in [0.29, 0.717) is 60.6 Å². The first-order valence-corrected chi connectivity index (χ1v) is 10.3. The number of hydrogen-bond donors (Lipinski definition) is 1. The van der Waals surface area contributed by atoms with Gasteiger partial charge in [-0.1, -0.05) is 0 Å². The van der Waals surface area contributed by atoms with Gasteiger partial charge in [0.2, 0.25) is 5.91 Å². The van der Waals surface area contributed by atoms with E-state index < -0.39 is 11.6 Å². The summed E-state index contributed by atoms with van der Waals surface area (Å²) in [5.41, 5.74) is 1.62. The largest absolute Gasteiger partial charge is 0.340 e. The van der Waals surface area contributed by atoms with Gasteiger partial charge in [0.1, 0.15) is 23.2 Å². The van der Waals surface area contributed by atoms with Crippen LogP contribution < -0.4 is 5.32 Å². The van der Waals surface area contributed by atoms with Crippen LogP contribution in [0.5, 0.6) is 0 Å². The maximum Gasteiger partial charge on any atom is 0.223 e. The molecule has 0 atom stereocenters. The highest BCUT2D eigenvalue weighted by Gasteiger charge is 2.31. The minimum absolute atomic E-state index is 0.134. The molecule has 2 aliphatic rings. The Labute approximate surface area is 177 Å². The van der Waals surface area contributed by atoms with Crippen molar-refractivity contribution in [2.45, 2.75) is 32.4 Å². The van der Waals surface area contributed by atoms with E-state index in [9.17, 15) is 18.0 Å². The van der Waals surface area contributed by atoms with Gasteiger partial charge < -0.3 is 14.8 Å². The molecule has 1 amide bonds. The average Bonchev–Trinajstić information content (AvgIpc) is 3.51. The number of halogens is 3. The van der Waals surface area contributed by atoms with Gasteiger partial charge in [0.05, 0.1) is 6.54 Å². The van der Waals surface area contributed by atoms with E-state index in [4.69, 9.17) is 4.98 Å². The summed E-state index contributed by atoms with van der Waals surface area (Å²) in [6, 6.07) is 9.52. The first-order valence-electron chi connectivity index (χ1n) is 10.3. The lowest BCUT2D eigenvalue weighted by Gasteiger charge is -2.28. The van der Waals surface area contributed by atoms with E-state index in [1.807, 2.05) is 9.47 Å². The maximum absolute atomic E-state index is 13.7. The number of aromatic nitrogens is 2. The molecule has 8 heteroatoms. The van der Waals surface area contributed by atoms with Crippen molar-refractivity contribution in [3.63, 3.8) is 0 Å². The van der Waals surface area contributed by atoms with Crippen LogP contribution in [0.25, 0.3) is 11.3 Å². The van der Waals surface area contributed by atoms with Crippen molar-refractivity contribution in [2.75, 3.05) is 11.9 Å². The van der Waals surface area contributed by atoms with Gasteiger partial charge >= 0.3 is 0 Å². The molecule has 0 radical (unpaired) electrons. The number of fused-ring (bicyclic) bond motifs is 1. The standard InChI is InChI=1S/C23H21F3N4O/c24-16-5-3-15(4-6-16)22-23(27-17-7-8-18(25)19(26)12-17)30-10-9-29(13-20(30)28-22)21(31)11-14-1-2-14/h3-8,12,14,27H,1-2,9-11,13H2. The lowest BCUT2D eigenvalue weighted by Crippen LogP contribution is -2.38. The molecule has 1 saturated carbocycles. The lowest BCUT2D eigenvalue weighted by atomic mass is 10.1. The van der Waals surface area contributed by atoms with E-state index in [2.05, 4.69) is 5.32 Å². The number of benzene rings is 2. The summed E-state index contributed by atoms with van der Waals surface area (Å²) in [6.45, 7) is 1.44. The Morgan fingerprint density at radius 1 is 1.03 bits per heavy atom. The summed E-state index contributed by atoms with van der Waals surface area (Å²) in [5, 5.41) is 3.14. The van der Waals surface area contributed by atoms with Crippen molar-refractivity contribution >= 4 is 17.4 Å². The van der Waals surface area contributed by atoms with Crippen LogP contribution in [0, 0.1) is 23.4 Å². The third kappa shape index (κ3) is 4.02. The number of carbonyl (C=O) groups is 1. The van der Waals surface area contributed by atoms with E-state index in [0.717, 1.165) is 25.0 Å². The fourth-order valence-electron chi connectivity index (χ4n) is 3.89. The number of carbonyl (C=O) groups excluding carboxylic acids is 1. The van der Waals surface area contributed by atoms with Crippen LogP contribution >= 0.6 is 0 Å². The third-order valence-corrected chi connectivity index (χ3v) is 5.79. The number of hydrogen-bond acceptors (Lipinski definition) is 3. The van der Waals surface area contributed by atoms with Crippen molar-refractivity contribution in [1.29, 1.82) is 0 Å². The Morgan fingerprint density at radius 3 is 2.52 bits per heavy atom. The molecule has 1 aliphatic heterocycles. The first kappa shape index (κ1) is 19.7. The number of amides is 1. The normalized spacial score (nSPS) is 15.6. The van der Waals surface area contributed by atoms with E-state index in [-0.39, 0.29) is 11.7 Å². The van der Waals surface area contributed by atoms with Crippen molar-refractivity contribution < 1.29 is 18.0 Å². The van der Waals surface area contributed by atoms with Crippen LogP contribution in [0.3, 0.4) is 0 Å². The van der Waals surface area contributed by atoms with Crippen LogP contribution in [0.15, 0.2) is 42.5 Å². The molecule has 160 valence electrons. The van der Waals surface area contributed by atoms with Crippen LogP contribution in [0.1, 0.15) is 25.1 Å². The molecule has 0 saturated heterocycles. The SMILES string of the molecule is O=C(CC1CC1)N1CCn2c(nc(-c3ccc(F)cc3)c2Nc2ccc(F)c(F)c2)C1. The van der Waals surface area contributed by atoms with E-state index in [1.165, 1.54) is 18.2 Å². The molecule has 3 aromatic rings. The Bertz CT molecular complexity index is 1140. The molecule has 1 fully saturated rings. The second-order valence-corrected chi connectivity index (χ2v) is 8.10. The van der Waals surface area contributed by atoms with Gasteiger partial charge in [0.25, 0.3) is 0 Å². The molecular weight excluding hydrogens is 405 g/mol. The highest BCUT2D eigenvalue weighted by atomic mass is 19.2. The molecular formula is C23H21F3N4O. The smallest absolute Gasteiger partial charge is 0.223 e. The topological polar surface area (TPSA) is 50.2 Å². The van der Waals surface area contributed by atoms with Gasteiger partial charge in [-0.2, -0.15) is 0 Å². The first-order chi connectivity index (χ1) is 15.0. The predicted octanol–water partition coefficient (Wildman–Crippen LogP) is 4.85. The summed E-state index contributed by atoms with van der Waals surface area (Å²) in [6.07, 6.45) is 2.81. The van der Waals surface area contributed by atoms with Crippen molar-refractivity contribution in [3.8, 4) is 11.3 Å². The van der Waals surface area contributed by atoms with Crippen LogP contribution in [0.2, 0.25) is 0 Å². The average molecular weight is 426 g/mol. The molecule has 0 bridgehead atoms. The van der Waals surface area contributed by atoms with Gasteiger partial charge in [0, 0.05) is 36.8 Å². The Kier molecular flexibility index (Phi) is 4.92. The van der Waals surface area contributed by atoms with Crippen LogP contribution in [-0.2, 0) is 17.9 Å². The molecule has 1 aromatic heterocycles. The summed E-state index contributed by atoms with van der Waals surface area (Å²) in [4.78, 5) is 19.1. The zero-order valence-corrected chi connectivity index (χ0v) is 16.7. The minimum atomic E-state index is -0.955. The van der Waals surface area contributed by atoms with Gasteiger partial charge in [-0.3, -0.25) is 4.79 Å². The van der Waals surface area contributed by atoms with Crippen molar-refractivity contribution in [1.82, 2.24) is 14.5 Å². The molecule has 1 aliphatic carbocycles. The maximum atomic E-state index is 13.7. The Morgan fingerprint density at radius 2 is 1.81 bits per heavy atom. The Hall–Kier alpha value is -3.29.